The molecule has 1 aliphatic rings. The third kappa shape index (κ3) is 7.67. The van der Waals surface area contributed by atoms with E-state index in [4.69, 9.17) is 14.2 Å². The maximum Gasteiger partial charge on any atom is 0.361 e. The Kier molecular flexibility index (Phi) is 10.0. The summed E-state index contributed by atoms with van der Waals surface area (Å²) in [6.07, 6.45) is 1.64. The fourth-order valence-corrected chi connectivity index (χ4v) is 3.97. The molecule has 2 aromatic rings. The second kappa shape index (κ2) is 12.5. The van der Waals surface area contributed by atoms with Gasteiger partial charge in [0.15, 0.2) is 19.3 Å². The number of ether oxygens (including phenoxy) is 3. The number of likely N-dealkylation sites (tertiary alicyclic amines) is 1. The molecule has 1 fully saturated rings. The highest BCUT2D eigenvalue weighted by Crippen LogP contribution is 2.28. The Morgan fingerprint density at radius 3 is 2.16 bits per heavy atom. The van der Waals surface area contributed by atoms with E-state index in [2.05, 4.69) is 0 Å². The molecule has 0 N–H and O–H groups in total. The lowest BCUT2D eigenvalue weighted by Crippen LogP contribution is -3.00. The van der Waals surface area contributed by atoms with E-state index in [1.165, 1.54) is 0 Å². The second-order valence-electron chi connectivity index (χ2n) is 7.63. The predicted molar refractivity (Wildman–Crippen MR) is 113 cm³/mol. The number of quaternary nitrogens is 1. The van der Waals surface area contributed by atoms with Gasteiger partial charge in [0.25, 0.3) is 0 Å². The topological polar surface area (TPSA) is 61.8 Å². The summed E-state index contributed by atoms with van der Waals surface area (Å²) in [6, 6.07) is 18.9. The Labute approximate surface area is 194 Å². The van der Waals surface area contributed by atoms with Crippen molar-refractivity contribution in [3.63, 3.8) is 0 Å². The van der Waals surface area contributed by atoms with Crippen molar-refractivity contribution in [3.05, 3.63) is 66.2 Å². The first-order valence-electron chi connectivity index (χ1n) is 10.5. The summed E-state index contributed by atoms with van der Waals surface area (Å²) in [5.74, 6) is -0.0118. The molecule has 0 bridgehead atoms. The molecule has 1 atom stereocenters. The van der Waals surface area contributed by atoms with Crippen LogP contribution in [0.1, 0.15) is 31.4 Å². The molecule has 0 spiro atoms. The molecule has 2 aromatic carbocycles. The van der Waals surface area contributed by atoms with E-state index < -0.39 is 12.1 Å². The van der Waals surface area contributed by atoms with Crippen molar-refractivity contribution in [3.8, 4) is 5.75 Å². The summed E-state index contributed by atoms with van der Waals surface area (Å²) in [7, 11) is 0. The summed E-state index contributed by atoms with van der Waals surface area (Å²) in [4.78, 5) is 24.8. The number of rotatable bonds is 10. The Morgan fingerprint density at radius 1 is 0.935 bits per heavy atom. The Balaban J connectivity index is 0.00000341. The van der Waals surface area contributed by atoms with Gasteiger partial charge in [-0.15, -0.1) is 0 Å². The molecule has 1 saturated heterocycles. The number of carbonyl (C=O) groups is 2. The van der Waals surface area contributed by atoms with E-state index in [9.17, 15) is 9.59 Å². The van der Waals surface area contributed by atoms with Crippen LogP contribution in [0.3, 0.4) is 0 Å². The number of hydrogen-bond acceptors (Lipinski definition) is 5. The van der Waals surface area contributed by atoms with Gasteiger partial charge in [-0.25, -0.2) is 9.59 Å². The minimum atomic E-state index is -0.453. The molecule has 1 unspecified atom stereocenters. The van der Waals surface area contributed by atoms with Crippen LogP contribution in [0.2, 0.25) is 0 Å². The van der Waals surface area contributed by atoms with Crippen molar-refractivity contribution in [1.29, 1.82) is 0 Å². The maximum atomic E-state index is 12.6. The van der Waals surface area contributed by atoms with Crippen LogP contribution >= 0.6 is 0 Å². The van der Waals surface area contributed by atoms with Gasteiger partial charge in [0.05, 0.1) is 19.7 Å². The van der Waals surface area contributed by atoms with Crippen LogP contribution in [0.25, 0.3) is 0 Å². The Bertz CT molecular complexity index is 809. The number of benzene rings is 2. The van der Waals surface area contributed by atoms with Gasteiger partial charge >= 0.3 is 11.9 Å². The van der Waals surface area contributed by atoms with Gasteiger partial charge < -0.3 is 35.7 Å². The highest BCUT2D eigenvalue weighted by atomic mass is 79.9. The van der Waals surface area contributed by atoms with Crippen LogP contribution in [0, 0.1) is 0 Å². The van der Waals surface area contributed by atoms with Gasteiger partial charge in [0, 0.05) is 12.8 Å². The van der Waals surface area contributed by atoms with Crippen LogP contribution < -0.4 is 21.7 Å². The van der Waals surface area contributed by atoms with Crippen molar-refractivity contribution < 1.29 is 45.3 Å². The van der Waals surface area contributed by atoms with Crippen molar-refractivity contribution in [2.24, 2.45) is 0 Å². The number of nitrogens with zero attached hydrogens (tertiary/aromatic N) is 1. The molecule has 6 nitrogen and oxygen atoms in total. The summed E-state index contributed by atoms with van der Waals surface area (Å²) >= 11 is 0. The van der Waals surface area contributed by atoms with E-state index in [1.54, 1.807) is 12.1 Å². The van der Waals surface area contributed by atoms with Crippen LogP contribution in [0.5, 0.6) is 5.75 Å². The summed E-state index contributed by atoms with van der Waals surface area (Å²) in [5.41, 5.74) is 0.916. The van der Waals surface area contributed by atoms with Crippen molar-refractivity contribution in [2.45, 2.75) is 25.9 Å². The molecular weight excluding hydrogens is 462 g/mol. The van der Waals surface area contributed by atoms with Gasteiger partial charge in [-0.3, -0.25) is 0 Å². The third-order valence-electron chi connectivity index (χ3n) is 5.38. The van der Waals surface area contributed by atoms with Gasteiger partial charge in [-0.1, -0.05) is 48.5 Å². The second-order valence-corrected chi connectivity index (χ2v) is 7.63. The molecule has 168 valence electrons. The summed E-state index contributed by atoms with van der Waals surface area (Å²) in [6.45, 7) is 4.61. The van der Waals surface area contributed by atoms with Gasteiger partial charge in [0.1, 0.15) is 12.3 Å². The fraction of sp³-hybridized carbons (Fsp3) is 0.417. The van der Waals surface area contributed by atoms with Crippen molar-refractivity contribution >= 4 is 11.9 Å². The normalized spacial score (nSPS) is 15.4. The minimum Gasteiger partial charge on any atom is -1.00 e. The Morgan fingerprint density at radius 2 is 1.55 bits per heavy atom. The van der Waals surface area contributed by atoms with Gasteiger partial charge in [-0.2, -0.15) is 0 Å². The maximum absolute atomic E-state index is 12.6. The van der Waals surface area contributed by atoms with Crippen molar-refractivity contribution in [1.82, 2.24) is 0 Å². The lowest BCUT2D eigenvalue weighted by atomic mass is 10.1. The smallest absolute Gasteiger partial charge is 0.361 e. The molecule has 1 aliphatic heterocycles. The van der Waals surface area contributed by atoms with Crippen LogP contribution in [0.4, 0.5) is 0 Å². The number of hydrogen-bond donors (Lipinski definition) is 0. The van der Waals surface area contributed by atoms with E-state index >= 15 is 0 Å². The van der Waals surface area contributed by atoms with E-state index in [-0.39, 0.29) is 29.6 Å². The zero-order valence-corrected chi connectivity index (χ0v) is 19.5. The lowest BCUT2D eigenvalue weighted by Gasteiger charge is -2.36. The van der Waals surface area contributed by atoms with Crippen LogP contribution in [0.15, 0.2) is 60.7 Å². The average molecular weight is 492 g/mol. The SMILES string of the molecule is CCOC(=O)C[N+]1(CC(OC(=O)COc2ccccc2)c2ccccc2)CCCC1.[Br-]. The number of carbonyl (C=O) groups excluding carboxylic acids is 2. The number of para-hydroxylation sites is 1. The minimum absolute atomic E-state index is 0. The van der Waals surface area contributed by atoms with Crippen LogP contribution in [-0.4, -0.2) is 55.8 Å². The largest absolute Gasteiger partial charge is 1.00 e. The van der Waals surface area contributed by atoms with E-state index in [1.807, 2.05) is 55.5 Å². The molecule has 0 amide bonds. The average Bonchev–Trinajstić information content (AvgIpc) is 3.21. The molecule has 7 heteroatoms. The standard InChI is InChI=1S/C24H30NO5.BrH/c1-2-28-23(26)18-25(15-9-10-16-25)17-22(20-11-5-3-6-12-20)30-24(27)19-29-21-13-7-4-8-14-21;/h3-8,11-14,22H,2,9-10,15-19H2,1H3;1H/q+1;/p-1. The zero-order valence-electron chi connectivity index (χ0n) is 17.9. The summed E-state index contributed by atoms with van der Waals surface area (Å²) < 4.78 is 17.2. The first-order chi connectivity index (χ1) is 14.6. The van der Waals surface area contributed by atoms with Crippen molar-refractivity contribution in [2.75, 3.05) is 39.4 Å². The van der Waals surface area contributed by atoms with E-state index in [0.29, 0.717) is 29.9 Å². The van der Waals surface area contributed by atoms with Gasteiger partial charge in [-0.05, 0) is 24.6 Å². The van der Waals surface area contributed by atoms with Gasteiger partial charge in [0.2, 0.25) is 0 Å². The highest BCUT2D eigenvalue weighted by Gasteiger charge is 2.39. The van der Waals surface area contributed by atoms with E-state index in [0.717, 1.165) is 31.5 Å². The summed E-state index contributed by atoms with van der Waals surface area (Å²) in [5, 5.41) is 0. The first kappa shape index (κ1) is 24.9. The zero-order chi connectivity index (χ0) is 21.2. The third-order valence-corrected chi connectivity index (χ3v) is 5.38. The lowest BCUT2D eigenvalue weighted by molar-refractivity contribution is -0.913. The molecule has 0 aromatic heterocycles. The predicted octanol–water partition coefficient (Wildman–Crippen LogP) is 0.528. The highest BCUT2D eigenvalue weighted by molar-refractivity contribution is 5.71. The number of esters is 2. The fourth-order valence-electron chi connectivity index (χ4n) is 3.97. The molecule has 0 saturated carbocycles. The molecule has 0 aliphatic carbocycles. The molecule has 1 heterocycles. The molecular formula is C24H30BrNO5. The molecule has 0 radical (unpaired) electrons. The quantitative estimate of drug-likeness (QED) is 0.358. The molecule has 31 heavy (non-hydrogen) atoms. The Hall–Kier alpha value is -2.38. The first-order valence-corrected chi connectivity index (χ1v) is 10.5. The molecule has 3 rings (SSSR count). The number of halogens is 1. The van der Waals surface area contributed by atoms with Crippen LogP contribution in [-0.2, 0) is 19.1 Å². The monoisotopic (exact) mass is 491 g/mol.